The molecule has 0 saturated heterocycles. The Balaban J connectivity index is 1.72. The number of thiophene rings is 1. The van der Waals surface area contributed by atoms with E-state index in [0.717, 1.165) is 25.8 Å². The fourth-order valence-electron chi connectivity index (χ4n) is 3.96. The largest absolute Gasteiger partial charge is 0.331 e. The quantitative estimate of drug-likeness (QED) is 0.804. The zero-order chi connectivity index (χ0) is 14.9. The molecule has 1 aliphatic heterocycles. The summed E-state index contributed by atoms with van der Waals surface area (Å²) in [5.74, 6) is 0.634. The molecular formula is C19H21NOS. The summed E-state index contributed by atoms with van der Waals surface area (Å²) >= 11 is 1.83. The highest BCUT2D eigenvalue weighted by atomic mass is 32.1. The van der Waals surface area contributed by atoms with Gasteiger partial charge in [0.05, 0.1) is 6.04 Å². The average Bonchev–Trinajstić information content (AvgIpc) is 3.25. The first-order chi connectivity index (χ1) is 10.8. The number of nitrogens with zero attached hydrogens (tertiary/aromatic N) is 1. The second-order valence-electron chi connectivity index (χ2n) is 6.38. The van der Waals surface area contributed by atoms with E-state index in [2.05, 4.69) is 40.6 Å². The number of carbonyl (C=O) groups excluding carboxylic acids is 1. The standard InChI is InChI=1S/C19H21NOS/c21-19(15-8-4-5-9-15)20-12-10-17-16(11-13-22-17)18(20)14-6-2-1-3-7-14/h1-3,6-7,11,13,15,18H,4-5,8-10,12H2/t18-/m0/s1. The molecule has 1 aromatic carbocycles. The SMILES string of the molecule is O=C(C1CCCC1)N1CCc2sccc2[C@@H]1c1ccccc1. The van der Waals surface area contributed by atoms with Crippen molar-refractivity contribution in [3.63, 3.8) is 0 Å². The van der Waals surface area contributed by atoms with Crippen LogP contribution in [0.25, 0.3) is 0 Å². The Morgan fingerprint density at radius 1 is 1.09 bits per heavy atom. The van der Waals surface area contributed by atoms with Gasteiger partial charge in [-0.25, -0.2) is 0 Å². The molecule has 0 bridgehead atoms. The van der Waals surface area contributed by atoms with Crippen LogP contribution in [0.4, 0.5) is 0 Å². The summed E-state index contributed by atoms with van der Waals surface area (Å²) in [5.41, 5.74) is 2.59. The van der Waals surface area contributed by atoms with Gasteiger partial charge in [0.15, 0.2) is 0 Å². The van der Waals surface area contributed by atoms with E-state index in [-0.39, 0.29) is 12.0 Å². The van der Waals surface area contributed by atoms with Crippen molar-refractivity contribution >= 4 is 17.2 Å². The molecule has 0 spiro atoms. The molecule has 1 atom stereocenters. The highest BCUT2D eigenvalue weighted by Gasteiger charge is 2.36. The summed E-state index contributed by atoms with van der Waals surface area (Å²) in [5, 5.41) is 2.17. The Morgan fingerprint density at radius 3 is 2.64 bits per heavy atom. The number of fused-ring (bicyclic) bond motifs is 1. The molecule has 2 heterocycles. The summed E-state index contributed by atoms with van der Waals surface area (Å²) in [6.07, 6.45) is 5.59. The Morgan fingerprint density at radius 2 is 1.86 bits per heavy atom. The molecule has 0 N–H and O–H groups in total. The highest BCUT2D eigenvalue weighted by Crippen LogP contribution is 2.39. The smallest absolute Gasteiger partial charge is 0.226 e. The molecule has 1 amide bonds. The summed E-state index contributed by atoms with van der Waals surface area (Å²) in [7, 11) is 0. The van der Waals surface area contributed by atoms with Crippen LogP contribution in [-0.4, -0.2) is 17.4 Å². The van der Waals surface area contributed by atoms with Gasteiger partial charge in [-0.2, -0.15) is 0 Å². The van der Waals surface area contributed by atoms with Crippen LogP contribution >= 0.6 is 11.3 Å². The van der Waals surface area contributed by atoms with E-state index >= 15 is 0 Å². The molecule has 3 heteroatoms. The predicted molar refractivity (Wildman–Crippen MR) is 90.0 cm³/mol. The van der Waals surface area contributed by atoms with Crippen molar-refractivity contribution in [1.29, 1.82) is 0 Å². The van der Waals surface area contributed by atoms with Crippen molar-refractivity contribution in [2.75, 3.05) is 6.54 Å². The number of hydrogen-bond acceptors (Lipinski definition) is 2. The van der Waals surface area contributed by atoms with Gasteiger partial charge in [-0.05, 0) is 41.8 Å². The lowest BCUT2D eigenvalue weighted by Gasteiger charge is -2.37. The minimum atomic E-state index is 0.115. The van der Waals surface area contributed by atoms with Crippen LogP contribution in [0, 0.1) is 5.92 Å². The molecule has 1 fully saturated rings. The van der Waals surface area contributed by atoms with Crippen molar-refractivity contribution in [2.45, 2.75) is 38.1 Å². The molecule has 0 radical (unpaired) electrons. The molecule has 1 aliphatic carbocycles. The van der Waals surface area contributed by atoms with E-state index in [1.54, 1.807) is 0 Å². The van der Waals surface area contributed by atoms with Gasteiger partial charge < -0.3 is 4.90 Å². The molecule has 2 nitrogen and oxygen atoms in total. The van der Waals surface area contributed by atoms with Crippen LogP contribution in [0.1, 0.15) is 47.7 Å². The maximum Gasteiger partial charge on any atom is 0.226 e. The van der Waals surface area contributed by atoms with E-state index in [1.165, 1.54) is 28.8 Å². The van der Waals surface area contributed by atoms with E-state index < -0.39 is 0 Å². The van der Waals surface area contributed by atoms with Gasteiger partial charge in [-0.15, -0.1) is 11.3 Å². The Kier molecular flexibility index (Phi) is 3.75. The van der Waals surface area contributed by atoms with Gasteiger partial charge in [-0.3, -0.25) is 4.79 Å². The van der Waals surface area contributed by atoms with Crippen LogP contribution < -0.4 is 0 Å². The second-order valence-corrected chi connectivity index (χ2v) is 7.38. The van der Waals surface area contributed by atoms with Crippen LogP contribution in [0.5, 0.6) is 0 Å². The predicted octanol–water partition coefficient (Wildman–Crippen LogP) is 4.41. The average molecular weight is 311 g/mol. The first kappa shape index (κ1) is 14.0. The van der Waals surface area contributed by atoms with Crippen LogP contribution in [0.15, 0.2) is 41.8 Å². The lowest BCUT2D eigenvalue weighted by Crippen LogP contribution is -2.42. The second kappa shape index (κ2) is 5.88. The molecule has 2 aliphatic rings. The van der Waals surface area contributed by atoms with E-state index in [9.17, 15) is 4.79 Å². The van der Waals surface area contributed by atoms with Crippen molar-refractivity contribution in [1.82, 2.24) is 4.90 Å². The fourth-order valence-corrected chi connectivity index (χ4v) is 4.86. The van der Waals surface area contributed by atoms with Crippen LogP contribution in [0.3, 0.4) is 0 Å². The number of carbonyl (C=O) groups is 1. The lowest BCUT2D eigenvalue weighted by molar-refractivity contribution is -0.137. The lowest BCUT2D eigenvalue weighted by atomic mass is 9.91. The number of rotatable bonds is 2. The van der Waals surface area contributed by atoms with E-state index in [1.807, 2.05) is 17.4 Å². The summed E-state index contributed by atoms with van der Waals surface area (Å²) in [4.78, 5) is 16.6. The van der Waals surface area contributed by atoms with Crippen molar-refractivity contribution in [2.24, 2.45) is 5.92 Å². The maximum absolute atomic E-state index is 13.0. The zero-order valence-corrected chi connectivity index (χ0v) is 13.5. The first-order valence-electron chi connectivity index (χ1n) is 8.26. The topological polar surface area (TPSA) is 20.3 Å². The minimum Gasteiger partial charge on any atom is -0.331 e. The number of amides is 1. The minimum absolute atomic E-state index is 0.115. The van der Waals surface area contributed by atoms with Gasteiger partial charge in [0.2, 0.25) is 5.91 Å². The molecule has 22 heavy (non-hydrogen) atoms. The van der Waals surface area contributed by atoms with E-state index in [0.29, 0.717) is 5.91 Å². The number of hydrogen-bond donors (Lipinski definition) is 0. The van der Waals surface area contributed by atoms with Gasteiger partial charge in [0.25, 0.3) is 0 Å². The van der Waals surface area contributed by atoms with E-state index in [4.69, 9.17) is 0 Å². The number of benzene rings is 1. The third-order valence-electron chi connectivity index (χ3n) is 5.07. The van der Waals surface area contributed by atoms with Crippen molar-refractivity contribution < 1.29 is 4.79 Å². The monoisotopic (exact) mass is 311 g/mol. The van der Waals surface area contributed by atoms with Crippen LogP contribution in [-0.2, 0) is 11.2 Å². The summed E-state index contributed by atoms with van der Waals surface area (Å²) in [6.45, 7) is 0.863. The molecule has 2 aromatic rings. The van der Waals surface area contributed by atoms with Crippen molar-refractivity contribution in [3.05, 3.63) is 57.8 Å². The van der Waals surface area contributed by atoms with Crippen molar-refractivity contribution in [3.8, 4) is 0 Å². The summed E-state index contributed by atoms with van der Waals surface area (Å²) in [6, 6.07) is 12.8. The molecule has 4 rings (SSSR count). The van der Waals surface area contributed by atoms with Gasteiger partial charge in [-0.1, -0.05) is 43.2 Å². The molecule has 114 valence electrons. The Bertz CT molecular complexity index is 657. The molecular weight excluding hydrogens is 290 g/mol. The third kappa shape index (κ3) is 2.38. The Labute approximate surface area is 135 Å². The van der Waals surface area contributed by atoms with Gasteiger partial charge in [0.1, 0.15) is 0 Å². The highest BCUT2D eigenvalue weighted by molar-refractivity contribution is 7.10. The van der Waals surface area contributed by atoms with Gasteiger partial charge >= 0.3 is 0 Å². The first-order valence-corrected chi connectivity index (χ1v) is 9.14. The molecule has 1 saturated carbocycles. The third-order valence-corrected chi connectivity index (χ3v) is 6.07. The zero-order valence-electron chi connectivity index (χ0n) is 12.7. The Hall–Kier alpha value is -1.61. The maximum atomic E-state index is 13.0. The van der Waals surface area contributed by atoms with Crippen LogP contribution in [0.2, 0.25) is 0 Å². The molecule has 1 aromatic heterocycles. The molecule has 0 unspecified atom stereocenters. The normalized spacial score (nSPS) is 21.8. The fraction of sp³-hybridized carbons (Fsp3) is 0.421. The van der Waals surface area contributed by atoms with Gasteiger partial charge in [0, 0.05) is 17.3 Å². The summed E-state index contributed by atoms with van der Waals surface area (Å²) < 4.78 is 0.